The van der Waals surface area contributed by atoms with E-state index < -0.39 is 13.9 Å². The van der Waals surface area contributed by atoms with Gasteiger partial charge in [0, 0.05) is 23.5 Å². The second-order valence-corrected chi connectivity index (χ2v) is 19.4. The number of anilines is 2. The minimum Gasteiger partial charge on any atom is -0.432 e. The summed E-state index contributed by atoms with van der Waals surface area (Å²) in [6, 6.07) is 26.5. The summed E-state index contributed by atoms with van der Waals surface area (Å²) in [5, 5.41) is 13.6. The van der Waals surface area contributed by atoms with Crippen LogP contribution in [0.1, 0.15) is 49.3 Å². The molecule has 0 bridgehead atoms. The Morgan fingerprint density at radius 2 is 1.66 bits per heavy atom. The van der Waals surface area contributed by atoms with E-state index in [4.69, 9.17) is 4.74 Å². The van der Waals surface area contributed by atoms with Gasteiger partial charge in [-0.25, -0.2) is 0 Å². The molecule has 10 heteroatoms. The Hall–Kier alpha value is -3.54. The normalized spacial score (nSPS) is 26.5. The Morgan fingerprint density at radius 1 is 0.960 bits per heavy atom. The summed E-state index contributed by atoms with van der Waals surface area (Å²) >= 11 is 0. The highest BCUT2D eigenvalue weighted by atomic mass is 28.4. The average Bonchev–Trinajstić information content (AvgIpc) is 3.59. The fraction of sp³-hybridized carbons (Fsp3) is 0.500. The molecule has 1 spiro atoms. The third-order valence-electron chi connectivity index (χ3n) is 11.9. The molecule has 3 N–H and O–H groups in total. The van der Waals surface area contributed by atoms with Crippen LogP contribution in [0.5, 0.6) is 0 Å². The van der Waals surface area contributed by atoms with E-state index in [1.165, 1.54) is 5.56 Å². The zero-order valence-electron chi connectivity index (χ0n) is 29.6. The van der Waals surface area contributed by atoms with Gasteiger partial charge in [0.05, 0.1) is 37.9 Å². The molecule has 0 unspecified atom stereocenters. The maximum atomic E-state index is 14.2. The van der Waals surface area contributed by atoms with Crippen molar-refractivity contribution in [2.45, 2.75) is 94.4 Å². The number of aryl methyl sites for hydroxylation is 1. The van der Waals surface area contributed by atoms with Gasteiger partial charge in [-0.2, -0.15) is 0 Å². The molecule has 3 saturated heterocycles. The predicted octanol–water partition coefficient (Wildman–Crippen LogP) is 4.86. The first-order valence-corrected chi connectivity index (χ1v) is 21.4. The number of carbonyl (C=O) groups is 2. The van der Waals surface area contributed by atoms with E-state index >= 15 is 0 Å². The highest BCUT2D eigenvalue weighted by molar-refractivity contribution is 6.71. The predicted molar refractivity (Wildman–Crippen MR) is 198 cm³/mol. The lowest BCUT2D eigenvalue weighted by molar-refractivity contribution is -0.138. The molecule has 3 aromatic rings. The number of aliphatic hydroxyl groups excluding tert-OH is 1. The van der Waals surface area contributed by atoms with Crippen LogP contribution in [-0.4, -0.2) is 85.1 Å². The van der Waals surface area contributed by atoms with Crippen LogP contribution in [-0.2, 0) is 33.7 Å². The van der Waals surface area contributed by atoms with Gasteiger partial charge in [-0.1, -0.05) is 61.5 Å². The smallest absolute Gasteiger partial charge is 0.254 e. The molecule has 266 valence electrons. The number of ether oxygens (including phenoxy) is 1. The van der Waals surface area contributed by atoms with E-state index in [9.17, 15) is 19.5 Å². The van der Waals surface area contributed by atoms with Gasteiger partial charge in [-0.05, 0) is 105 Å². The van der Waals surface area contributed by atoms with Crippen molar-refractivity contribution in [3.8, 4) is 0 Å². The molecule has 0 aliphatic carbocycles. The summed E-state index contributed by atoms with van der Waals surface area (Å²) in [4.78, 5) is 45.6. The number of aliphatic hydroxyl groups is 1. The summed E-state index contributed by atoms with van der Waals surface area (Å²) in [6.45, 7) is 8.61. The van der Waals surface area contributed by atoms with Crippen molar-refractivity contribution >= 4 is 31.5 Å². The summed E-state index contributed by atoms with van der Waals surface area (Å²) in [5.41, 5.74) is 4.79. The van der Waals surface area contributed by atoms with Crippen molar-refractivity contribution in [1.82, 2.24) is 10.2 Å². The number of rotatable bonds is 9. The molecular formula is C40H52N4O5Si. The van der Waals surface area contributed by atoms with Gasteiger partial charge in [0.1, 0.15) is 5.54 Å². The van der Waals surface area contributed by atoms with Crippen molar-refractivity contribution in [1.29, 1.82) is 0 Å². The zero-order chi connectivity index (χ0) is 35.0. The standard InChI is InChI=1S/C40H52N4O5Si/c1-28-35(49-36(38(28)50(2,3)48)24-37(46)42-25-31-12-8-7-11-30(31)23-34(42)26-45)17-16-29-10-9-15-33(22-29)43-27-44(32-13-5-4-6-14-32)40(39(43)47)18-20-41-21-19-40/h4-15,22,28,34-36,38,41,45,48H,16-21,23-27H2,1-3H3/t28-,34-,35+,36-,38+/m0/s1. The Morgan fingerprint density at radius 3 is 2.38 bits per heavy atom. The van der Waals surface area contributed by atoms with Gasteiger partial charge >= 0.3 is 0 Å². The van der Waals surface area contributed by atoms with Crippen LogP contribution in [0.2, 0.25) is 18.6 Å². The maximum Gasteiger partial charge on any atom is 0.254 e. The van der Waals surface area contributed by atoms with Crippen LogP contribution in [0.25, 0.3) is 0 Å². The van der Waals surface area contributed by atoms with Gasteiger partial charge in [0.25, 0.3) is 5.91 Å². The number of para-hydroxylation sites is 1. The Bertz CT molecular complexity index is 1680. The molecule has 3 aromatic carbocycles. The van der Waals surface area contributed by atoms with Gasteiger partial charge in [0.2, 0.25) is 5.91 Å². The first kappa shape index (κ1) is 34.9. The fourth-order valence-electron chi connectivity index (χ4n) is 9.30. The van der Waals surface area contributed by atoms with Gasteiger partial charge in [-0.3, -0.25) is 14.5 Å². The molecule has 50 heavy (non-hydrogen) atoms. The lowest BCUT2D eigenvalue weighted by Crippen LogP contribution is -2.55. The van der Waals surface area contributed by atoms with E-state index in [1.807, 2.05) is 65.4 Å². The lowest BCUT2D eigenvalue weighted by Gasteiger charge is -2.39. The van der Waals surface area contributed by atoms with E-state index in [2.05, 4.69) is 53.5 Å². The van der Waals surface area contributed by atoms with Crippen LogP contribution in [0.15, 0.2) is 78.9 Å². The maximum absolute atomic E-state index is 14.2. The SMILES string of the molecule is C[C@@H]1[C@@H]([Si](C)(C)O)[C@H](CC(=O)N2Cc3ccccc3C[C@H]2CO)O[C@@H]1CCc1cccc(N2CN(c3ccccc3)C3(CCNCC3)C2=O)c1. The minimum absolute atomic E-state index is 0.0290. The monoisotopic (exact) mass is 696 g/mol. The molecule has 0 radical (unpaired) electrons. The summed E-state index contributed by atoms with van der Waals surface area (Å²) in [6.07, 6.45) is 3.43. The van der Waals surface area contributed by atoms with Crippen LogP contribution >= 0.6 is 0 Å². The molecule has 7 rings (SSSR count). The largest absolute Gasteiger partial charge is 0.432 e. The number of piperidine rings is 1. The first-order chi connectivity index (χ1) is 24.1. The van der Waals surface area contributed by atoms with E-state index in [1.54, 1.807) is 0 Å². The quantitative estimate of drug-likeness (QED) is 0.275. The highest BCUT2D eigenvalue weighted by Gasteiger charge is 2.53. The van der Waals surface area contributed by atoms with Crippen molar-refractivity contribution < 1.29 is 24.2 Å². The summed E-state index contributed by atoms with van der Waals surface area (Å²) in [7, 11) is -2.69. The Kier molecular flexibility index (Phi) is 9.93. The van der Waals surface area contributed by atoms with Crippen LogP contribution < -0.4 is 15.1 Å². The van der Waals surface area contributed by atoms with E-state index in [-0.39, 0.29) is 54.6 Å². The number of carbonyl (C=O) groups excluding carboxylic acids is 2. The molecule has 0 aromatic heterocycles. The van der Waals surface area contributed by atoms with Crippen LogP contribution in [0.3, 0.4) is 0 Å². The Balaban J connectivity index is 1.05. The number of hydrogen-bond acceptors (Lipinski definition) is 7. The minimum atomic E-state index is -2.69. The average molecular weight is 697 g/mol. The molecule has 4 aliphatic rings. The van der Waals surface area contributed by atoms with Gasteiger partial charge in [0.15, 0.2) is 8.32 Å². The molecule has 4 aliphatic heterocycles. The topological polar surface area (TPSA) is 106 Å². The number of nitrogens with one attached hydrogen (secondary N) is 1. The van der Waals surface area contributed by atoms with Crippen molar-refractivity contribution in [2.75, 3.05) is 36.2 Å². The van der Waals surface area contributed by atoms with Gasteiger partial charge < -0.3 is 29.8 Å². The van der Waals surface area contributed by atoms with Crippen molar-refractivity contribution in [2.24, 2.45) is 5.92 Å². The van der Waals surface area contributed by atoms with Gasteiger partial charge in [-0.15, -0.1) is 0 Å². The summed E-state index contributed by atoms with van der Waals surface area (Å²) in [5.74, 6) is 0.232. The van der Waals surface area contributed by atoms with E-state index in [0.29, 0.717) is 19.6 Å². The molecule has 0 saturated carbocycles. The zero-order valence-corrected chi connectivity index (χ0v) is 30.6. The molecular weight excluding hydrogens is 645 g/mol. The second-order valence-electron chi connectivity index (χ2n) is 15.4. The van der Waals surface area contributed by atoms with Crippen molar-refractivity contribution in [3.05, 3.63) is 95.6 Å². The highest BCUT2D eigenvalue weighted by Crippen LogP contribution is 2.46. The lowest BCUT2D eigenvalue weighted by atomic mass is 9.86. The van der Waals surface area contributed by atoms with Crippen molar-refractivity contribution in [3.63, 3.8) is 0 Å². The number of amides is 2. The van der Waals surface area contributed by atoms with Crippen LogP contribution in [0, 0.1) is 5.92 Å². The molecule has 5 atom stereocenters. The Labute approximate surface area is 297 Å². The van der Waals surface area contributed by atoms with E-state index in [0.717, 1.165) is 61.3 Å². The number of hydrogen-bond donors (Lipinski definition) is 3. The summed E-state index contributed by atoms with van der Waals surface area (Å²) < 4.78 is 6.71. The number of benzene rings is 3. The third-order valence-corrected chi connectivity index (χ3v) is 14.4. The second kappa shape index (κ2) is 14.2. The molecule has 4 heterocycles. The third kappa shape index (κ3) is 6.64. The van der Waals surface area contributed by atoms with Crippen LogP contribution in [0.4, 0.5) is 11.4 Å². The fourth-order valence-corrected chi connectivity index (χ4v) is 11.9. The number of fused-ring (bicyclic) bond motifs is 1. The molecule has 3 fully saturated rings. The first-order valence-electron chi connectivity index (χ1n) is 18.4. The molecule has 2 amide bonds. The molecule has 9 nitrogen and oxygen atoms in total. The number of nitrogens with zero attached hydrogens (tertiary/aromatic N) is 3.